The van der Waals surface area contributed by atoms with Gasteiger partial charge in [-0.1, -0.05) is 25.1 Å². The molecule has 1 heterocycles. The van der Waals surface area contributed by atoms with Crippen molar-refractivity contribution in [3.63, 3.8) is 0 Å². The third-order valence-electron chi connectivity index (χ3n) is 3.00. The van der Waals surface area contributed by atoms with Crippen molar-refractivity contribution >= 4 is 28.4 Å². The number of alkyl halides is 2. The summed E-state index contributed by atoms with van der Waals surface area (Å²) >= 11 is 2.21. The fourth-order valence-electron chi connectivity index (χ4n) is 1.95. The van der Waals surface area contributed by atoms with Crippen LogP contribution in [-0.2, 0) is 6.42 Å². The zero-order valence-corrected chi connectivity index (χ0v) is 14.0. The fourth-order valence-corrected chi connectivity index (χ4v) is 2.77. The van der Waals surface area contributed by atoms with Gasteiger partial charge in [-0.05, 0) is 42.0 Å². The lowest BCUT2D eigenvalue weighted by atomic mass is 10.1. The van der Waals surface area contributed by atoms with Crippen molar-refractivity contribution < 1.29 is 8.78 Å². The van der Waals surface area contributed by atoms with Gasteiger partial charge in [-0.2, -0.15) is 0 Å². The highest BCUT2D eigenvalue weighted by molar-refractivity contribution is 14.1. The van der Waals surface area contributed by atoms with Gasteiger partial charge in [0, 0.05) is 17.7 Å². The van der Waals surface area contributed by atoms with E-state index in [1.165, 1.54) is 12.1 Å². The Bertz CT molecular complexity index is 632. The van der Waals surface area contributed by atoms with Crippen LogP contribution in [0.2, 0.25) is 0 Å². The zero-order chi connectivity index (χ0) is 15.4. The molecule has 0 amide bonds. The van der Waals surface area contributed by atoms with Crippen molar-refractivity contribution in [2.75, 3.05) is 11.9 Å². The molecule has 0 saturated heterocycles. The number of benzene rings is 1. The molecule has 0 radical (unpaired) electrons. The van der Waals surface area contributed by atoms with E-state index in [1.54, 1.807) is 12.1 Å². The number of nitrogens with zero attached hydrogens (tertiary/aromatic N) is 2. The number of nitrogens with one attached hydrogen (secondary N) is 1. The monoisotopic (exact) mass is 403 g/mol. The summed E-state index contributed by atoms with van der Waals surface area (Å²) in [4.78, 5) is 8.97. The number of halogens is 3. The average Bonchev–Trinajstić information content (AvgIpc) is 2.49. The second-order valence-corrected chi connectivity index (χ2v) is 5.55. The fraction of sp³-hybridized carbons (Fsp3) is 0.333. The summed E-state index contributed by atoms with van der Waals surface area (Å²) in [6.45, 7) is 4.74. The number of aryl methyl sites for hydroxylation is 1. The van der Waals surface area contributed by atoms with Gasteiger partial charge in [0.1, 0.15) is 5.82 Å². The lowest BCUT2D eigenvalue weighted by molar-refractivity contribution is 0.151. The van der Waals surface area contributed by atoms with Crippen LogP contribution < -0.4 is 5.32 Å². The first kappa shape index (κ1) is 16.1. The first-order chi connectivity index (χ1) is 10.1. The molecule has 0 aliphatic heterocycles. The van der Waals surface area contributed by atoms with Crippen LogP contribution in [0.5, 0.6) is 0 Å². The quantitative estimate of drug-likeness (QED) is 0.737. The van der Waals surface area contributed by atoms with E-state index in [1.807, 2.05) is 13.8 Å². The molecule has 6 heteroatoms. The Morgan fingerprint density at radius 1 is 1.24 bits per heavy atom. The van der Waals surface area contributed by atoms with Crippen molar-refractivity contribution in [1.82, 2.24) is 9.97 Å². The Morgan fingerprint density at radius 3 is 2.62 bits per heavy atom. The highest BCUT2D eigenvalue weighted by atomic mass is 127. The highest BCUT2D eigenvalue weighted by Gasteiger charge is 2.14. The van der Waals surface area contributed by atoms with E-state index in [9.17, 15) is 8.78 Å². The third kappa shape index (κ3) is 3.66. The van der Waals surface area contributed by atoms with E-state index < -0.39 is 6.43 Å². The Kier molecular flexibility index (Phi) is 5.44. The molecule has 0 unspecified atom stereocenters. The number of hydrogen-bond acceptors (Lipinski definition) is 3. The van der Waals surface area contributed by atoms with E-state index in [0.29, 0.717) is 11.4 Å². The Labute approximate surface area is 136 Å². The first-order valence-electron chi connectivity index (χ1n) is 6.75. The van der Waals surface area contributed by atoms with Crippen LogP contribution in [0.3, 0.4) is 0 Å². The predicted molar refractivity (Wildman–Crippen MR) is 88.7 cm³/mol. The minimum Gasteiger partial charge on any atom is -0.369 e. The predicted octanol–water partition coefficient (Wildman–Crippen LogP) is 4.68. The average molecular weight is 403 g/mol. The van der Waals surface area contributed by atoms with Crippen molar-refractivity contribution in [1.29, 1.82) is 0 Å². The molecular weight excluding hydrogens is 387 g/mol. The summed E-state index contributed by atoms with van der Waals surface area (Å²) in [7, 11) is 0. The molecule has 0 saturated carbocycles. The maximum Gasteiger partial charge on any atom is 0.263 e. The van der Waals surface area contributed by atoms with Gasteiger partial charge in [0.25, 0.3) is 6.43 Å². The topological polar surface area (TPSA) is 37.8 Å². The van der Waals surface area contributed by atoms with Crippen molar-refractivity contribution in [3.8, 4) is 11.4 Å². The van der Waals surface area contributed by atoms with Crippen LogP contribution >= 0.6 is 22.6 Å². The van der Waals surface area contributed by atoms with Crippen LogP contribution in [0.25, 0.3) is 11.4 Å². The molecule has 0 fully saturated rings. The van der Waals surface area contributed by atoms with Gasteiger partial charge >= 0.3 is 0 Å². The van der Waals surface area contributed by atoms with Crippen LogP contribution in [0.4, 0.5) is 14.6 Å². The number of aromatic nitrogens is 2. The Balaban J connectivity index is 2.52. The number of rotatable bonds is 5. The van der Waals surface area contributed by atoms with Crippen LogP contribution in [0.15, 0.2) is 24.3 Å². The van der Waals surface area contributed by atoms with Gasteiger partial charge < -0.3 is 5.32 Å². The molecule has 3 nitrogen and oxygen atoms in total. The number of hydrogen-bond donors (Lipinski definition) is 1. The molecule has 112 valence electrons. The van der Waals surface area contributed by atoms with Crippen molar-refractivity contribution in [2.24, 2.45) is 0 Å². The second kappa shape index (κ2) is 7.11. The molecule has 0 atom stereocenters. The smallest absolute Gasteiger partial charge is 0.263 e. The molecule has 0 bridgehead atoms. The lowest BCUT2D eigenvalue weighted by Gasteiger charge is -2.12. The molecule has 0 aliphatic rings. The molecule has 2 aromatic rings. The maximum absolute atomic E-state index is 12.8. The van der Waals surface area contributed by atoms with Gasteiger partial charge in [-0.25, -0.2) is 18.7 Å². The van der Waals surface area contributed by atoms with Crippen LogP contribution in [0.1, 0.15) is 31.5 Å². The minimum atomic E-state index is -2.49. The molecule has 1 aromatic carbocycles. The zero-order valence-electron chi connectivity index (χ0n) is 11.8. The summed E-state index contributed by atoms with van der Waals surface area (Å²) in [5, 5.41) is 3.19. The van der Waals surface area contributed by atoms with Crippen molar-refractivity contribution in [3.05, 3.63) is 39.1 Å². The van der Waals surface area contributed by atoms with Crippen molar-refractivity contribution in [2.45, 2.75) is 26.7 Å². The molecule has 2 rings (SSSR count). The van der Waals surface area contributed by atoms with E-state index in [4.69, 9.17) is 0 Å². The van der Waals surface area contributed by atoms with E-state index in [2.05, 4.69) is 37.9 Å². The number of anilines is 1. The molecule has 21 heavy (non-hydrogen) atoms. The lowest BCUT2D eigenvalue weighted by Crippen LogP contribution is -2.07. The largest absolute Gasteiger partial charge is 0.369 e. The van der Waals surface area contributed by atoms with Gasteiger partial charge in [-0.3, -0.25) is 0 Å². The normalized spacial score (nSPS) is 11.0. The summed E-state index contributed by atoms with van der Waals surface area (Å²) in [5.74, 6) is 1.23. The summed E-state index contributed by atoms with van der Waals surface area (Å²) < 4.78 is 26.6. The molecule has 0 aliphatic carbocycles. The molecular formula is C15H16F2IN3. The third-order valence-corrected chi connectivity index (χ3v) is 4.13. The van der Waals surface area contributed by atoms with Crippen LogP contribution in [-0.4, -0.2) is 16.5 Å². The molecule has 0 spiro atoms. The second-order valence-electron chi connectivity index (χ2n) is 4.47. The molecule has 1 aromatic heterocycles. The maximum atomic E-state index is 12.8. The highest BCUT2D eigenvalue weighted by Crippen LogP contribution is 2.27. The van der Waals surface area contributed by atoms with Gasteiger partial charge in [0.2, 0.25) is 0 Å². The molecule has 1 N–H and O–H groups in total. The van der Waals surface area contributed by atoms with Gasteiger partial charge in [-0.15, -0.1) is 0 Å². The van der Waals surface area contributed by atoms with Crippen LogP contribution in [0, 0.1) is 3.57 Å². The van der Waals surface area contributed by atoms with E-state index >= 15 is 0 Å². The Hall–Kier alpha value is -1.31. The first-order valence-corrected chi connectivity index (χ1v) is 7.83. The SMILES string of the molecule is CCNc1nc(-c2cccc(C(F)F)c2)nc(CC)c1I. The van der Waals surface area contributed by atoms with E-state index in [-0.39, 0.29) is 5.56 Å². The van der Waals surface area contributed by atoms with E-state index in [0.717, 1.165) is 28.0 Å². The minimum absolute atomic E-state index is 0.0160. The standard InChI is InChI=1S/C15H16F2IN3/c1-3-11-12(18)15(19-4-2)21-14(20-11)10-7-5-6-9(8-10)13(16)17/h5-8,13H,3-4H2,1-2H3,(H,19,20,21). The van der Waals surface area contributed by atoms with Gasteiger partial charge in [0.15, 0.2) is 5.82 Å². The van der Waals surface area contributed by atoms with Gasteiger partial charge in [0.05, 0.1) is 9.26 Å². The summed E-state index contributed by atoms with van der Waals surface area (Å²) in [6.07, 6.45) is -1.73. The Morgan fingerprint density at radius 2 is 2.00 bits per heavy atom. The summed E-state index contributed by atoms with van der Waals surface area (Å²) in [5.41, 5.74) is 1.51. The summed E-state index contributed by atoms with van der Waals surface area (Å²) in [6, 6.07) is 6.22.